The van der Waals surface area contributed by atoms with Gasteiger partial charge in [0.25, 0.3) is 0 Å². The first kappa shape index (κ1) is 16.5. The van der Waals surface area contributed by atoms with Crippen molar-refractivity contribution in [3.05, 3.63) is 23.8 Å². The molecule has 4 heteroatoms. The summed E-state index contributed by atoms with van der Waals surface area (Å²) in [5, 5.41) is 2.98. The smallest absolute Gasteiger partial charge is 0.228 e. The lowest BCUT2D eigenvalue weighted by Gasteiger charge is -2.19. The summed E-state index contributed by atoms with van der Waals surface area (Å²) in [7, 11) is 3.99. The van der Waals surface area contributed by atoms with Crippen LogP contribution in [0, 0.1) is 18.8 Å². The van der Waals surface area contributed by atoms with E-state index in [0.717, 1.165) is 17.8 Å². The first-order chi connectivity index (χ1) is 9.35. The Bertz CT molecular complexity index is 455. The summed E-state index contributed by atoms with van der Waals surface area (Å²) >= 11 is 0. The number of nitrogens with zero attached hydrogens (tertiary/aromatic N) is 1. The molecule has 0 saturated carbocycles. The van der Waals surface area contributed by atoms with E-state index in [1.165, 1.54) is 5.56 Å². The lowest BCUT2D eigenvalue weighted by atomic mass is 9.96. The topological polar surface area (TPSA) is 58.4 Å². The van der Waals surface area contributed by atoms with Crippen LogP contribution in [0.5, 0.6) is 0 Å². The zero-order valence-corrected chi connectivity index (χ0v) is 13.2. The van der Waals surface area contributed by atoms with Crippen LogP contribution in [0.3, 0.4) is 0 Å². The van der Waals surface area contributed by atoms with E-state index in [9.17, 15) is 4.79 Å². The quantitative estimate of drug-likeness (QED) is 0.840. The van der Waals surface area contributed by atoms with Gasteiger partial charge in [-0.05, 0) is 37.0 Å². The Balaban J connectivity index is 2.82. The number of hydrogen-bond acceptors (Lipinski definition) is 3. The molecular weight excluding hydrogens is 250 g/mol. The van der Waals surface area contributed by atoms with E-state index in [4.69, 9.17) is 5.73 Å². The zero-order valence-electron chi connectivity index (χ0n) is 13.2. The Labute approximate surface area is 122 Å². The van der Waals surface area contributed by atoms with E-state index < -0.39 is 0 Å². The summed E-state index contributed by atoms with van der Waals surface area (Å²) in [6, 6.07) is 5.95. The molecule has 112 valence electrons. The molecule has 0 spiro atoms. The van der Waals surface area contributed by atoms with E-state index in [1.807, 2.05) is 37.2 Å². The number of hydrogen-bond donors (Lipinski definition) is 2. The Morgan fingerprint density at radius 2 is 2.00 bits per heavy atom. The molecule has 0 bridgehead atoms. The van der Waals surface area contributed by atoms with Crippen LogP contribution < -0.4 is 16.0 Å². The van der Waals surface area contributed by atoms with E-state index in [0.29, 0.717) is 12.5 Å². The molecule has 1 rings (SSSR count). The van der Waals surface area contributed by atoms with Crippen LogP contribution in [-0.2, 0) is 4.79 Å². The van der Waals surface area contributed by atoms with Crippen LogP contribution in [-0.4, -0.2) is 26.5 Å². The van der Waals surface area contributed by atoms with Crippen molar-refractivity contribution in [3.8, 4) is 0 Å². The third kappa shape index (κ3) is 4.53. The van der Waals surface area contributed by atoms with Gasteiger partial charge in [0.15, 0.2) is 0 Å². The van der Waals surface area contributed by atoms with Crippen LogP contribution in [0.25, 0.3) is 0 Å². The van der Waals surface area contributed by atoms with Gasteiger partial charge in [-0.25, -0.2) is 0 Å². The molecule has 0 aliphatic heterocycles. The number of nitrogens with one attached hydrogen (secondary N) is 1. The second-order valence-electron chi connectivity index (χ2n) is 5.95. The van der Waals surface area contributed by atoms with Crippen LogP contribution in [0.15, 0.2) is 18.2 Å². The van der Waals surface area contributed by atoms with Crippen molar-refractivity contribution in [2.24, 2.45) is 17.6 Å². The highest BCUT2D eigenvalue weighted by molar-refractivity contribution is 5.93. The zero-order chi connectivity index (χ0) is 15.3. The molecule has 0 aliphatic carbocycles. The van der Waals surface area contributed by atoms with Crippen LogP contribution in [0.1, 0.15) is 25.8 Å². The molecule has 3 N–H and O–H groups in total. The van der Waals surface area contributed by atoms with Crippen molar-refractivity contribution in [2.45, 2.75) is 27.2 Å². The van der Waals surface area contributed by atoms with Crippen molar-refractivity contribution < 1.29 is 4.79 Å². The second kappa shape index (κ2) is 7.29. The third-order valence-electron chi connectivity index (χ3n) is 3.37. The lowest BCUT2D eigenvalue weighted by Crippen LogP contribution is -2.30. The highest BCUT2D eigenvalue weighted by Crippen LogP contribution is 2.23. The molecule has 20 heavy (non-hydrogen) atoms. The second-order valence-corrected chi connectivity index (χ2v) is 5.95. The van der Waals surface area contributed by atoms with Crippen molar-refractivity contribution in [1.82, 2.24) is 0 Å². The van der Waals surface area contributed by atoms with Gasteiger partial charge in [0.2, 0.25) is 5.91 Å². The Morgan fingerprint density at radius 3 is 2.50 bits per heavy atom. The predicted molar refractivity (Wildman–Crippen MR) is 86.1 cm³/mol. The van der Waals surface area contributed by atoms with Crippen molar-refractivity contribution in [1.29, 1.82) is 0 Å². The van der Waals surface area contributed by atoms with Crippen molar-refractivity contribution >= 4 is 17.3 Å². The number of carbonyl (C=O) groups excluding carboxylic acids is 1. The van der Waals surface area contributed by atoms with Gasteiger partial charge in [0.05, 0.1) is 5.92 Å². The molecule has 1 atom stereocenters. The Morgan fingerprint density at radius 1 is 1.35 bits per heavy atom. The van der Waals surface area contributed by atoms with Crippen LogP contribution in [0.2, 0.25) is 0 Å². The van der Waals surface area contributed by atoms with Gasteiger partial charge < -0.3 is 16.0 Å². The molecule has 0 heterocycles. The number of carbonyl (C=O) groups is 1. The van der Waals surface area contributed by atoms with Gasteiger partial charge in [-0.2, -0.15) is 0 Å². The van der Waals surface area contributed by atoms with Gasteiger partial charge in [-0.3, -0.25) is 4.79 Å². The number of benzene rings is 1. The van der Waals surface area contributed by atoms with Crippen molar-refractivity contribution in [2.75, 3.05) is 30.9 Å². The first-order valence-corrected chi connectivity index (χ1v) is 7.14. The summed E-state index contributed by atoms with van der Waals surface area (Å²) in [6.07, 6.45) is 0.814. The minimum atomic E-state index is -0.126. The van der Waals surface area contributed by atoms with Gasteiger partial charge in [0, 0.05) is 32.0 Å². The van der Waals surface area contributed by atoms with E-state index in [2.05, 4.69) is 26.1 Å². The maximum Gasteiger partial charge on any atom is 0.228 e. The monoisotopic (exact) mass is 277 g/mol. The van der Waals surface area contributed by atoms with Crippen LogP contribution >= 0.6 is 0 Å². The fourth-order valence-electron chi connectivity index (χ4n) is 2.29. The van der Waals surface area contributed by atoms with Crippen LogP contribution in [0.4, 0.5) is 11.4 Å². The van der Waals surface area contributed by atoms with Crippen molar-refractivity contribution in [3.63, 3.8) is 0 Å². The number of anilines is 2. The minimum absolute atomic E-state index is 0.00904. The Kier molecular flexibility index (Phi) is 6.02. The first-order valence-electron chi connectivity index (χ1n) is 7.14. The van der Waals surface area contributed by atoms with Gasteiger partial charge in [0.1, 0.15) is 0 Å². The molecule has 1 aromatic carbocycles. The number of nitrogens with two attached hydrogens (primary N) is 1. The summed E-state index contributed by atoms with van der Waals surface area (Å²) < 4.78 is 0. The minimum Gasteiger partial charge on any atom is -0.377 e. The molecule has 0 aromatic heterocycles. The number of aryl methyl sites for hydroxylation is 1. The maximum absolute atomic E-state index is 12.2. The highest BCUT2D eigenvalue weighted by atomic mass is 16.1. The fraction of sp³-hybridized carbons (Fsp3) is 0.562. The normalized spacial score (nSPS) is 12.3. The molecule has 4 nitrogen and oxygen atoms in total. The average molecular weight is 277 g/mol. The summed E-state index contributed by atoms with van der Waals surface area (Å²) in [5.41, 5.74) is 8.83. The van der Waals surface area contributed by atoms with Gasteiger partial charge >= 0.3 is 0 Å². The molecule has 0 aliphatic rings. The summed E-state index contributed by atoms with van der Waals surface area (Å²) in [4.78, 5) is 14.3. The standard InChI is InChI=1S/C16H27N3O/c1-11(2)8-13(10-17)16(20)18-14-7-6-12(3)15(9-14)19(4)5/h6-7,9,11,13H,8,10,17H2,1-5H3,(H,18,20). The van der Waals surface area contributed by atoms with E-state index in [1.54, 1.807) is 0 Å². The number of amides is 1. The molecule has 1 amide bonds. The van der Waals surface area contributed by atoms with Gasteiger partial charge in [-0.15, -0.1) is 0 Å². The maximum atomic E-state index is 12.2. The molecule has 0 radical (unpaired) electrons. The largest absolute Gasteiger partial charge is 0.377 e. The summed E-state index contributed by atoms with van der Waals surface area (Å²) in [5.74, 6) is 0.346. The third-order valence-corrected chi connectivity index (χ3v) is 3.37. The molecule has 0 saturated heterocycles. The SMILES string of the molecule is Cc1ccc(NC(=O)C(CN)CC(C)C)cc1N(C)C. The molecule has 1 unspecified atom stereocenters. The Hall–Kier alpha value is -1.55. The molecule has 0 fully saturated rings. The molecule has 1 aromatic rings. The van der Waals surface area contributed by atoms with Gasteiger partial charge in [-0.1, -0.05) is 19.9 Å². The number of rotatable bonds is 6. The predicted octanol–water partition coefficient (Wildman–Crippen LogP) is 2.62. The van der Waals surface area contributed by atoms with E-state index in [-0.39, 0.29) is 11.8 Å². The molecular formula is C16H27N3O. The fourth-order valence-corrected chi connectivity index (χ4v) is 2.29. The average Bonchev–Trinajstić information content (AvgIpc) is 2.37. The summed E-state index contributed by atoms with van der Waals surface area (Å²) in [6.45, 7) is 6.65. The highest BCUT2D eigenvalue weighted by Gasteiger charge is 2.18. The van der Waals surface area contributed by atoms with E-state index >= 15 is 0 Å². The lowest BCUT2D eigenvalue weighted by molar-refractivity contribution is -0.120.